The van der Waals surface area contributed by atoms with Crippen LogP contribution in [0.4, 0.5) is 9.59 Å². The molecule has 3 rings (SSSR count). The number of carboxylic acids is 1. The third-order valence-electron chi connectivity index (χ3n) is 5.62. The summed E-state index contributed by atoms with van der Waals surface area (Å²) in [6.07, 6.45) is 1.16. The Bertz CT molecular complexity index is 1160. The van der Waals surface area contributed by atoms with Crippen LogP contribution in [0.3, 0.4) is 0 Å². The number of alkyl carbamates (subject to hydrolysis) is 1. The summed E-state index contributed by atoms with van der Waals surface area (Å²) in [5, 5.41) is 12.9. The highest BCUT2D eigenvalue weighted by Crippen LogP contribution is 2.26. The summed E-state index contributed by atoms with van der Waals surface area (Å²) in [6, 6.07) is 5.12. The van der Waals surface area contributed by atoms with Crippen LogP contribution in [-0.2, 0) is 25.5 Å². The lowest BCUT2D eigenvalue weighted by Gasteiger charge is -2.28. The number of aliphatic carboxylic acids is 1. The van der Waals surface area contributed by atoms with Crippen molar-refractivity contribution in [2.45, 2.75) is 84.1 Å². The molecule has 2 aromatic rings. The van der Waals surface area contributed by atoms with E-state index in [1.165, 1.54) is 9.47 Å². The molecule has 1 aromatic carbocycles. The molecule has 196 valence electrons. The molecule has 0 radical (unpaired) electrons. The molecule has 0 bridgehead atoms. The Kier molecular flexibility index (Phi) is 7.66. The van der Waals surface area contributed by atoms with E-state index >= 15 is 0 Å². The second kappa shape index (κ2) is 10.2. The van der Waals surface area contributed by atoms with Gasteiger partial charge in [0.25, 0.3) is 0 Å². The highest BCUT2D eigenvalue weighted by Gasteiger charge is 2.38. The number of aromatic nitrogens is 1. The monoisotopic (exact) mass is 501 g/mol. The first-order chi connectivity index (χ1) is 16.7. The van der Waals surface area contributed by atoms with Crippen LogP contribution in [0.1, 0.15) is 59.9 Å². The van der Waals surface area contributed by atoms with Gasteiger partial charge in [-0.15, -0.1) is 0 Å². The van der Waals surface area contributed by atoms with Crippen molar-refractivity contribution >= 4 is 35.0 Å². The van der Waals surface area contributed by atoms with Crippen LogP contribution < -0.4 is 5.32 Å². The Hall–Kier alpha value is -3.56. The van der Waals surface area contributed by atoms with Gasteiger partial charge in [-0.2, -0.15) is 0 Å². The minimum Gasteiger partial charge on any atom is -0.480 e. The SMILES string of the molecule is CC(C)(C)OC(=O)NC(Cc1cn(C(=O)OC(C)(C)C)c2ccccc12)C(=O)N1CCCC1C(=O)O. The van der Waals surface area contributed by atoms with Crippen molar-refractivity contribution in [3.63, 3.8) is 0 Å². The standard InChI is InChI=1S/C26H35N3O7/c1-25(2,3)35-23(33)27-18(21(30)28-13-9-12-20(28)22(31)32)14-16-15-29(24(34)36-26(4,5)6)19-11-8-7-10-17(16)19/h7-8,10-11,15,18,20H,9,12-14H2,1-6H3,(H,27,33)(H,31,32). The van der Waals surface area contributed by atoms with Gasteiger partial charge in [0.05, 0.1) is 5.52 Å². The minimum atomic E-state index is -1.10. The summed E-state index contributed by atoms with van der Waals surface area (Å²) in [5.74, 6) is -1.60. The summed E-state index contributed by atoms with van der Waals surface area (Å²) >= 11 is 0. The van der Waals surface area contributed by atoms with E-state index in [9.17, 15) is 24.3 Å². The van der Waals surface area contributed by atoms with Crippen LogP contribution in [0, 0.1) is 0 Å². The van der Waals surface area contributed by atoms with Gasteiger partial charge in [0, 0.05) is 24.5 Å². The zero-order chi connectivity index (χ0) is 26.8. The molecule has 0 spiro atoms. The van der Waals surface area contributed by atoms with Gasteiger partial charge in [-0.25, -0.2) is 14.4 Å². The predicted octanol–water partition coefficient (Wildman–Crippen LogP) is 3.94. The zero-order valence-electron chi connectivity index (χ0n) is 21.7. The molecule has 1 fully saturated rings. The van der Waals surface area contributed by atoms with Gasteiger partial charge < -0.3 is 24.8 Å². The first-order valence-electron chi connectivity index (χ1n) is 12.0. The molecule has 1 aromatic heterocycles. The van der Waals surface area contributed by atoms with Crippen LogP contribution in [0.2, 0.25) is 0 Å². The number of hydrogen-bond donors (Lipinski definition) is 2. The smallest absolute Gasteiger partial charge is 0.419 e. The quantitative estimate of drug-likeness (QED) is 0.635. The van der Waals surface area contributed by atoms with Crippen LogP contribution in [-0.4, -0.2) is 68.5 Å². The fourth-order valence-electron chi connectivity index (χ4n) is 4.23. The Morgan fingerprint density at radius 3 is 2.31 bits per heavy atom. The number of ether oxygens (including phenoxy) is 2. The number of nitrogens with one attached hydrogen (secondary N) is 1. The molecule has 10 heteroatoms. The largest absolute Gasteiger partial charge is 0.480 e. The first-order valence-corrected chi connectivity index (χ1v) is 12.0. The fraction of sp³-hybridized carbons (Fsp3) is 0.538. The summed E-state index contributed by atoms with van der Waals surface area (Å²) in [7, 11) is 0. The number of rotatable bonds is 5. The normalized spacial score (nSPS) is 17.1. The molecular formula is C26H35N3O7. The number of amides is 2. The third-order valence-corrected chi connectivity index (χ3v) is 5.62. The van der Waals surface area contributed by atoms with Crippen molar-refractivity contribution in [2.24, 2.45) is 0 Å². The average molecular weight is 502 g/mol. The highest BCUT2D eigenvalue weighted by atomic mass is 16.6. The summed E-state index contributed by atoms with van der Waals surface area (Å²) in [6.45, 7) is 10.7. The Morgan fingerprint density at radius 2 is 1.69 bits per heavy atom. The number of likely N-dealkylation sites (tertiary alicyclic amines) is 1. The van der Waals surface area contributed by atoms with Gasteiger partial charge in [-0.3, -0.25) is 9.36 Å². The van der Waals surface area contributed by atoms with Crippen molar-refractivity contribution in [2.75, 3.05) is 6.54 Å². The average Bonchev–Trinajstić information content (AvgIpc) is 3.36. The maximum absolute atomic E-state index is 13.5. The number of carbonyl (C=O) groups excluding carboxylic acids is 3. The molecule has 36 heavy (non-hydrogen) atoms. The number of hydrogen-bond acceptors (Lipinski definition) is 6. The predicted molar refractivity (Wildman–Crippen MR) is 133 cm³/mol. The molecule has 2 heterocycles. The van der Waals surface area contributed by atoms with E-state index in [0.717, 1.165) is 0 Å². The minimum absolute atomic E-state index is 0.0250. The molecule has 0 saturated carbocycles. The van der Waals surface area contributed by atoms with E-state index < -0.39 is 47.3 Å². The molecule has 1 aliphatic rings. The topological polar surface area (TPSA) is 127 Å². The summed E-state index contributed by atoms with van der Waals surface area (Å²) in [5.41, 5.74) is -0.283. The van der Waals surface area contributed by atoms with Gasteiger partial charge in [0.1, 0.15) is 23.3 Å². The van der Waals surface area contributed by atoms with Crippen LogP contribution in [0.25, 0.3) is 10.9 Å². The number of nitrogens with zero attached hydrogens (tertiary/aromatic N) is 2. The van der Waals surface area contributed by atoms with Crippen LogP contribution in [0.15, 0.2) is 30.5 Å². The van der Waals surface area contributed by atoms with E-state index in [2.05, 4.69) is 5.32 Å². The molecule has 2 amide bonds. The molecule has 2 unspecified atom stereocenters. The van der Waals surface area contributed by atoms with Crippen molar-refractivity contribution in [3.05, 3.63) is 36.0 Å². The second-order valence-corrected chi connectivity index (χ2v) is 11.0. The Balaban J connectivity index is 1.97. The van der Waals surface area contributed by atoms with Gasteiger partial charge in [0.15, 0.2) is 0 Å². The summed E-state index contributed by atoms with van der Waals surface area (Å²) < 4.78 is 12.3. The number of carbonyl (C=O) groups is 4. The number of para-hydroxylation sites is 1. The molecule has 2 N–H and O–H groups in total. The Morgan fingerprint density at radius 1 is 1.06 bits per heavy atom. The molecule has 10 nitrogen and oxygen atoms in total. The maximum Gasteiger partial charge on any atom is 0.419 e. The van der Waals surface area contributed by atoms with Crippen molar-refractivity contribution in [1.29, 1.82) is 0 Å². The summed E-state index contributed by atoms with van der Waals surface area (Å²) in [4.78, 5) is 52.0. The number of carboxylic acid groups (broad SMARTS) is 1. The van der Waals surface area contributed by atoms with Gasteiger partial charge in [-0.05, 0) is 66.0 Å². The van der Waals surface area contributed by atoms with Crippen LogP contribution >= 0.6 is 0 Å². The van der Waals surface area contributed by atoms with Crippen molar-refractivity contribution < 1.29 is 33.8 Å². The van der Waals surface area contributed by atoms with E-state index in [4.69, 9.17) is 9.47 Å². The fourth-order valence-corrected chi connectivity index (χ4v) is 4.23. The zero-order valence-corrected chi connectivity index (χ0v) is 21.7. The van der Waals surface area contributed by atoms with Gasteiger partial charge in [0.2, 0.25) is 5.91 Å². The van der Waals surface area contributed by atoms with Crippen LogP contribution in [0.5, 0.6) is 0 Å². The molecule has 1 saturated heterocycles. The van der Waals surface area contributed by atoms with E-state index in [1.54, 1.807) is 59.9 Å². The molecule has 1 aliphatic heterocycles. The van der Waals surface area contributed by atoms with Gasteiger partial charge >= 0.3 is 18.2 Å². The lowest BCUT2D eigenvalue weighted by atomic mass is 10.0. The molecule has 2 atom stereocenters. The lowest BCUT2D eigenvalue weighted by Crippen LogP contribution is -2.53. The van der Waals surface area contributed by atoms with E-state index in [1.807, 2.05) is 12.1 Å². The molecular weight excluding hydrogens is 466 g/mol. The number of fused-ring (bicyclic) bond motifs is 1. The first kappa shape index (κ1) is 27.0. The van der Waals surface area contributed by atoms with Gasteiger partial charge in [-0.1, -0.05) is 18.2 Å². The highest BCUT2D eigenvalue weighted by molar-refractivity contribution is 5.94. The lowest BCUT2D eigenvalue weighted by molar-refractivity contribution is -0.149. The van der Waals surface area contributed by atoms with Crippen molar-refractivity contribution in [3.8, 4) is 0 Å². The Labute approximate surface area is 210 Å². The number of benzene rings is 1. The van der Waals surface area contributed by atoms with E-state index in [-0.39, 0.29) is 13.0 Å². The molecule has 0 aliphatic carbocycles. The van der Waals surface area contributed by atoms with Crippen molar-refractivity contribution in [1.82, 2.24) is 14.8 Å². The van der Waals surface area contributed by atoms with E-state index in [0.29, 0.717) is 29.3 Å². The third kappa shape index (κ3) is 6.56. The maximum atomic E-state index is 13.5. The second-order valence-electron chi connectivity index (χ2n) is 11.0.